The minimum Gasteiger partial charge on any atom is -0.322 e. The number of amides is 3. The smallest absolute Gasteiger partial charge is 0.322 e. The summed E-state index contributed by atoms with van der Waals surface area (Å²) in [7, 11) is 0. The Morgan fingerprint density at radius 3 is 2.59 bits per heavy atom. The van der Waals surface area contributed by atoms with E-state index in [-0.39, 0.29) is 11.9 Å². The van der Waals surface area contributed by atoms with Gasteiger partial charge in [-0.3, -0.25) is 10.1 Å². The molecule has 0 spiro atoms. The third kappa shape index (κ3) is 4.65. The van der Waals surface area contributed by atoms with E-state index >= 15 is 0 Å². The quantitative estimate of drug-likeness (QED) is 0.311. The Kier molecular flexibility index (Phi) is 6.02. The number of carbonyl (C=O) groups excluding carboxylic acids is 2. The van der Waals surface area contributed by atoms with Crippen LogP contribution in [0.4, 0.5) is 21.3 Å². The SMILES string of the molecule is Cc1ccc(NC(=O)c2ccc3nc(NC(=O)Nc4cccc5c4CCCC5)sc3c2)c(C)c1. The molecule has 1 aromatic heterocycles. The lowest BCUT2D eigenvalue weighted by Gasteiger charge is -2.19. The minimum absolute atomic E-state index is 0.177. The highest BCUT2D eigenvalue weighted by atomic mass is 32.1. The molecule has 0 radical (unpaired) electrons. The van der Waals surface area contributed by atoms with E-state index in [0.29, 0.717) is 10.7 Å². The van der Waals surface area contributed by atoms with E-state index in [1.54, 1.807) is 12.1 Å². The molecule has 0 aliphatic heterocycles. The zero-order chi connectivity index (χ0) is 23.7. The summed E-state index contributed by atoms with van der Waals surface area (Å²) in [4.78, 5) is 30.0. The third-order valence-corrected chi connectivity index (χ3v) is 7.08. The van der Waals surface area contributed by atoms with Crippen molar-refractivity contribution in [1.82, 2.24) is 4.98 Å². The lowest BCUT2D eigenvalue weighted by atomic mass is 9.90. The zero-order valence-corrected chi connectivity index (χ0v) is 20.0. The first-order valence-corrected chi connectivity index (χ1v) is 12.3. The van der Waals surface area contributed by atoms with Gasteiger partial charge in [-0.05, 0) is 86.6 Å². The number of anilines is 3. The van der Waals surface area contributed by atoms with Crippen LogP contribution in [-0.2, 0) is 12.8 Å². The van der Waals surface area contributed by atoms with Crippen LogP contribution in [0.15, 0.2) is 54.6 Å². The summed E-state index contributed by atoms with van der Waals surface area (Å²) in [6, 6.07) is 17.1. The van der Waals surface area contributed by atoms with Gasteiger partial charge in [0.2, 0.25) is 0 Å². The Bertz CT molecular complexity index is 1410. The van der Waals surface area contributed by atoms with Gasteiger partial charge in [0, 0.05) is 16.9 Å². The molecule has 1 aliphatic carbocycles. The van der Waals surface area contributed by atoms with Crippen molar-refractivity contribution in [3.8, 4) is 0 Å². The largest absolute Gasteiger partial charge is 0.325 e. The summed E-state index contributed by atoms with van der Waals surface area (Å²) in [5.74, 6) is -0.177. The van der Waals surface area contributed by atoms with Gasteiger partial charge in [-0.2, -0.15) is 0 Å². The van der Waals surface area contributed by atoms with Gasteiger partial charge in [-0.25, -0.2) is 9.78 Å². The summed E-state index contributed by atoms with van der Waals surface area (Å²) in [5.41, 5.74) is 7.65. The summed E-state index contributed by atoms with van der Waals surface area (Å²) < 4.78 is 0.834. The van der Waals surface area contributed by atoms with Crippen LogP contribution in [0.2, 0.25) is 0 Å². The first kappa shape index (κ1) is 22.1. The molecule has 4 aromatic rings. The van der Waals surface area contributed by atoms with Crippen molar-refractivity contribution >= 4 is 50.0 Å². The number of aromatic nitrogens is 1. The first-order valence-electron chi connectivity index (χ1n) is 11.4. The van der Waals surface area contributed by atoms with Gasteiger partial charge in [-0.1, -0.05) is 41.2 Å². The van der Waals surface area contributed by atoms with Gasteiger partial charge >= 0.3 is 6.03 Å². The Morgan fingerprint density at radius 1 is 0.882 bits per heavy atom. The van der Waals surface area contributed by atoms with Gasteiger partial charge in [0.05, 0.1) is 10.2 Å². The second-order valence-electron chi connectivity index (χ2n) is 8.70. The van der Waals surface area contributed by atoms with Crippen LogP contribution in [-0.4, -0.2) is 16.9 Å². The van der Waals surface area contributed by atoms with Crippen molar-refractivity contribution in [2.24, 2.45) is 0 Å². The molecule has 0 saturated carbocycles. The highest BCUT2D eigenvalue weighted by Crippen LogP contribution is 2.30. The summed E-state index contributed by atoms with van der Waals surface area (Å²) >= 11 is 1.34. The highest BCUT2D eigenvalue weighted by molar-refractivity contribution is 7.22. The highest BCUT2D eigenvalue weighted by Gasteiger charge is 2.16. The number of nitrogens with zero attached hydrogens (tertiary/aromatic N) is 1. The summed E-state index contributed by atoms with van der Waals surface area (Å²) in [6.07, 6.45) is 4.38. The van der Waals surface area contributed by atoms with Crippen molar-refractivity contribution in [2.45, 2.75) is 39.5 Å². The molecule has 6 nitrogen and oxygen atoms in total. The lowest BCUT2D eigenvalue weighted by molar-refractivity contribution is 0.102. The second kappa shape index (κ2) is 9.27. The van der Waals surface area contributed by atoms with Crippen molar-refractivity contribution in [1.29, 1.82) is 0 Å². The fourth-order valence-corrected chi connectivity index (χ4v) is 5.32. The topological polar surface area (TPSA) is 83.1 Å². The van der Waals surface area contributed by atoms with Crippen LogP contribution in [0, 0.1) is 13.8 Å². The Hall–Kier alpha value is -3.71. The maximum Gasteiger partial charge on any atom is 0.325 e. The predicted octanol–water partition coefficient (Wildman–Crippen LogP) is 6.69. The van der Waals surface area contributed by atoms with Crippen molar-refractivity contribution in [3.63, 3.8) is 0 Å². The van der Waals surface area contributed by atoms with Gasteiger partial charge in [0.1, 0.15) is 0 Å². The molecule has 172 valence electrons. The molecule has 3 aromatic carbocycles. The Morgan fingerprint density at radius 2 is 1.74 bits per heavy atom. The van der Waals surface area contributed by atoms with Crippen LogP contribution in [0.5, 0.6) is 0 Å². The monoisotopic (exact) mass is 470 g/mol. The molecule has 34 heavy (non-hydrogen) atoms. The minimum atomic E-state index is -0.314. The van der Waals surface area contributed by atoms with Crippen LogP contribution in [0.25, 0.3) is 10.2 Å². The maximum absolute atomic E-state index is 12.8. The number of carbonyl (C=O) groups is 2. The van der Waals surface area contributed by atoms with E-state index in [1.807, 2.05) is 50.2 Å². The molecule has 0 bridgehead atoms. The number of benzene rings is 3. The van der Waals surface area contributed by atoms with E-state index in [1.165, 1.54) is 28.9 Å². The van der Waals surface area contributed by atoms with Crippen LogP contribution in [0.1, 0.15) is 45.5 Å². The number of thiazole rings is 1. The van der Waals surface area contributed by atoms with Crippen molar-refractivity contribution in [2.75, 3.05) is 16.0 Å². The van der Waals surface area contributed by atoms with Crippen LogP contribution >= 0.6 is 11.3 Å². The van der Waals surface area contributed by atoms with E-state index in [0.717, 1.165) is 52.0 Å². The number of urea groups is 1. The van der Waals surface area contributed by atoms with Gasteiger partial charge in [0.15, 0.2) is 5.13 Å². The molecule has 0 atom stereocenters. The molecule has 5 rings (SSSR count). The zero-order valence-electron chi connectivity index (χ0n) is 19.2. The average Bonchev–Trinajstić information content (AvgIpc) is 3.22. The molecule has 3 N–H and O–H groups in total. The van der Waals surface area contributed by atoms with Gasteiger partial charge < -0.3 is 10.6 Å². The Balaban J connectivity index is 1.29. The summed E-state index contributed by atoms with van der Waals surface area (Å²) in [5, 5.41) is 9.29. The van der Waals surface area contributed by atoms with E-state index in [4.69, 9.17) is 0 Å². The molecule has 0 saturated heterocycles. The first-order chi connectivity index (χ1) is 16.5. The number of hydrogen-bond acceptors (Lipinski definition) is 4. The fourth-order valence-electron chi connectivity index (χ4n) is 4.42. The van der Waals surface area contributed by atoms with Crippen LogP contribution in [0.3, 0.4) is 0 Å². The Labute approximate surface area is 202 Å². The fraction of sp³-hybridized carbons (Fsp3) is 0.222. The molecule has 0 fully saturated rings. The third-order valence-electron chi connectivity index (χ3n) is 6.15. The standard InChI is InChI=1S/C27H26N4O2S/c1-16-10-12-21(17(2)14-16)28-25(32)19-11-13-23-24(15-19)34-27(30-23)31-26(33)29-22-9-5-7-18-6-3-4-8-20(18)22/h5,7,9-15H,3-4,6,8H2,1-2H3,(H,28,32)(H2,29,30,31,33). The molecule has 7 heteroatoms. The molecule has 1 heterocycles. The molecule has 1 aliphatic rings. The van der Waals surface area contributed by atoms with Crippen molar-refractivity contribution in [3.05, 3.63) is 82.4 Å². The number of rotatable bonds is 4. The lowest BCUT2D eigenvalue weighted by Crippen LogP contribution is -2.21. The number of aryl methyl sites for hydroxylation is 3. The molecule has 3 amide bonds. The second-order valence-corrected chi connectivity index (χ2v) is 9.73. The molecular weight excluding hydrogens is 444 g/mol. The number of hydrogen-bond donors (Lipinski definition) is 3. The maximum atomic E-state index is 12.8. The average molecular weight is 471 g/mol. The van der Waals surface area contributed by atoms with E-state index in [2.05, 4.69) is 27.0 Å². The summed E-state index contributed by atoms with van der Waals surface area (Å²) in [6.45, 7) is 4.00. The number of nitrogens with one attached hydrogen (secondary N) is 3. The van der Waals surface area contributed by atoms with E-state index in [9.17, 15) is 9.59 Å². The predicted molar refractivity (Wildman–Crippen MR) is 139 cm³/mol. The van der Waals surface area contributed by atoms with Gasteiger partial charge in [-0.15, -0.1) is 0 Å². The van der Waals surface area contributed by atoms with Crippen molar-refractivity contribution < 1.29 is 9.59 Å². The van der Waals surface area contributed by atoms with Crippen LogP contribution < -0.4 is 16.0 Å². The van der Waals surface area contributed by atoms with E-state index < -0.39 is 0 Å². The molecular formula is C27H26N4O2S. The van der Waals surface area contributed by atoms with Gasteiger partial charge in [0.25, 0.3) is 5.91 Å². The normalized spacial score (nSPS) is 12.8. The number of fused-ring (bicyclic) bond motifs is 2. The molecule has 0 unspecified atom stereocenters.